The molecule has 1 amide bonds. The van der Waals surface area contributed by atoms with Crippen LogP contribution in [0.4, 0.5) is 5.82 Å². The van der Waals surface area contributed by atoms with Gasteiger partial charge in [-0.3, -0.25) is 9.69 Å². The topological polar surface area (TPSA) is 79.4 Å². The molecule has 7 heteroatoms. The van der Waals surface area contributed by atoms with Crippen molar-refractivity contribution in [1.82, 2.24) is 20.2 Å². The molecule has 2 N–H and O–H groups in total. The number of ether oxygens (including phenoxy) is 1. The van der Waals surface area contributed by atoms with Gasteiger partial charge >= 0.3 is 0 Å². The fraction of sp³-hybridized carbons (Fsp3) is 0.421. The molecule has 7 nitrogen and oxygen atoms in total. The molecule has 3 rings (SSSR count). The summed E-state index contributed by atoms with van der Waals surface area (Å²) in [6, 6.07) is 11.5. The number of morpholine rings is 1. The molecule has 0 bridgehead atoms. The normalized spacial score (nSPS) is 14.8. The molecule has 138 valence electrons. The van der Waals surface area contributed by atoms with E-state index in [9.17, 15) is 4.79 Å². The molecule has 1 saturated heterocycles. The molecule has 1 aliphatic heterocycles. The minimum absolute atomic E-state index is 0.199. The van der Waals surface area contributed by atoms with Gasteiger partial charge < -0.3 is 15.4 Å². The maximum atomic E-state index is 12.4. The minimum Gasteiger partial charge on any atom is -0.379 e. The zero-order chi connectivity index (χ0) is 18.2. The number of rotatable bonds is 7. The second kappa shape index (κ2) is 9.26. The lowest BCUT2D eigenvalue weighted by atomic mass is 10.2. The molecule has 0 unspecified atom stereocenters. The first-order chi connectivity index (χ1) is 12.7. The maximum absolute atomic E-state index is 12.4. The first kappa shape index (κ1) is 18.3. The van der Waals surface area contributed by atoms with Crippen molar-refractivity contribution in [3.8, 4) is 0 Å². The SMILES string of the molecule is Cc1nc(NCCN2CCOCC2)cc(C(=O)NCc2ccccc2)n1. The number of carbonyl (C=O) groups is 1. The van der Waals surface area contributed by atoms with Crippen LogP contribution in [0.15, 0.2) is 36.4 Å². The summed E-state index contributed by atoms with van der Waals surface area (Å²) in [6.07, 6.45) is 0. The van der Waals surface area contributed by atoms with Crippen LogP contribution in [0.3, 0.4) is 0 Å². The number of hydrogen-bond donors (Lipinski definition) is 2. The zero-order valence-electron chi connectivity index (χ0n) is 15.1. The Labute approximate surface area is 153 Å². The highest BCUT2D eigenvalue weighted by atomic mass is 16.5. The van der Waals surface area contributed by atoms with Gasteiger partial charge in [0.05, 0.1) is 13.2 Å². The number of amides is 1. The van der Waals surface area contributed by atoms with Crippen LogP contribution >= 0.6 is 0 Å². The van der Waals surface area contributed by atoms with E-state index in [0.29, 0.717) is 23.9 Å². The van der Waals surface area contributed by atoms with Crippen molar-refractivity contribution in [2.24, 2.45) is 0 Å². The van der Waals surface area contributed by atoms with Gasteiger partial charge in [-0.15, -0.1) is 0 Å². The largest absolute Gasteiger partial charge is 0.379 e. The van der Waals surface area contributed by atoms with E-state index >= 15 is 0 Å². The van der Waals surface area contributed by atoms with Gasteiger partial charge in [-0.05, 0) is 12.5 Å². The number of hydrogen-bond acceptors (Lipinski definition) is 6. The third kappa shape index (κ3) is 5.50. The van der Waals surface area contributed by atoms with Gasteiger partial charge in [0.2, 0.25) is 0 Å². The Kier molecular flexibility index (Phi) is 6.51. The van der Waals surface area contributed by atoms with Gasteiger partial charge in [0.1, 0.15) is 17.3 Å². The smallest absolute Gasteiger partial charge is 0.270 e. The third-order valence-corrected chi connectivity index (χ3v) is 4.20. The molecular weight excluding hydrogens is 330 g/mol. The molecule has 1 fully saturated rings. The Morgan fingerprint density at radius 1 is 1.19 bits per heavy atom. The fourth-order valence-electron chi connectivity index (χ4n) is 2.81. The number of carbonyl (C=O) groups excluding carboxylic acids is 1. The van der Waals surface area contributed by atoms with Crippen molar-refractivity contribution in [2.45, 2.75) is 13.5 Å². The first-order valence-corrected chi connectivity index (χ1v) is 8.92. The predicted molar refractivity (Wildman–Crippen MR) is 100 cm³/mol. The van der Waals surface area contributed by atoms with Crippen LogP contribution in [0.25, 0.3) is 0 Å². The standard InChI is InChI=1S/C19H25N5O2/c1-15-22-17(19(25)21-14-16-5-3-2-4-6-16)13-18(23-15)20-7-8-24-9-11-26-12-10-24/h2-6,13H,7-12,14H2,1H3,(H,21,25)(H,20,22,23). The van der Waals surface area contributed by atoms with E-state index in [0.717, 1.165) is 45.0 Å². The molecule has 2 heterocycles. The molecule has 1 aromatic heterocycles. The van der Waals surface area contributed by atoms with E-state index in [4.69, 9.17) is 4.74 Å². The quantitative estimate of drug-likeness (QED) is 0.783. The number of aromatic nitrogens is 2. The number of nitrogens with zero attached hydrogens (tertiary/aromatic N) is 3. The second-order valence-corrected chi connectivity index (χ2v) is 6.23. The van der Waals surface area contributed by atoms with Gasteiger partial charge in [0.25, 0.3) is 5.91 Å². The maximum Gasteiger partial charge on any atom is 0.270 e. The fourth-order valence-corrected chi connectivity index (χ4v) is 2.81. The number of nitrogens with one attached hydrogen (secondary N) is 2. The Morgan fingerprint density at radius 3 is 2.73 bits per heavy atom. The summed E-state index contributed by atoms with van der Waals surface area (Å²) in [6.45, 7) is 7.44. The van der Waals surface area contributed by atoms with Crippen molar-refractivity contribution in [3.63, 3.8) is 0 Å². The van der Waals surface area contributed by atoms with Gasteiger partial charge in [-0.1, -0.05) is 30.3 Å². The van der Waals surface area contributed by atoms with Crippen molar-refractivity contribution >= 4 is 11.7 Å². The summed E-state index contributed by atoms with van der Waals surface area (Å²) in [5.74, 6) is 1.05. The Balaban J connectivity index is 1.53. The predicted octanol–water partition coefficient (Wildman–Crippen LogP) is 1.46. The van der Waals surface area contributed by atoms with Crippen molar-refractivity contribution in [2.75, 3.05) is 44.7 Å². The van der Waals surface area contributed by atoms with Gasteiger partial charge in [-0.25, -0.2) is 9.97 Å². The molecule has 1 aromatic carbocycles. The van der Waals surface area contributed by atoms with Gasteiger partial charge in [0.15, 0.2) is 0 Å². The van der Waals surface area contributed by atoms with E-state index in [1.807, 2.05) is 30.3 Å². The Hall–Kier alpha value is -2.51. The summed E-state index contributed by atoms with van der Waals surface area (Å²) in [5.41, 5.74) is 1.43. The Bertz CT molecular complexity index is 717. The average molecular weight is 355 g/mol. The lowest BCUT2D eigenvalue weighted by molar-refractivity contribution is 0.0398. The summed E-state index contributed by atoms with van der Waals surface area (Å²) in [7, 11) is 0. The lowest BCUT2D eigenvalue weighted by Crippen LogP contribution is -2.39. The molecule has 0 radical (unpaired) electrons. The van der Waals surface area contributed by atoms with Crippen LogP contribution in [0.1, 0.15) is 21.9 Å². The van der Waals surface area contributed by atoms with Crippen molar-refractivity contribution in [1.29, 1.82) is 0 Å². The van der Waals surface area contributed by atoms with Crippen LogP contribution < -0.4 is 10.6 Å². The highest BCUT2D eigenvalue weighted by molar-refractivity contribution is 5.92. The molecule has 2 aromatic rings. The van der Waals surface area contributed by atoms with E-state index in [1.54, 1.807) is 13.0 Å². The van der Waals surface area contributed by atoms with E-state index in [-0.39, 0.29) is 5.91 Å². The molecular formula is C19H25N5O2. The van der Waals surface area contributed by atoms with Crippen LogP contribution in [0.2, 0.25) is 0 Å². The lowest BCUT2D eigenvalue weighted by Gasteiger charge is -2.26. The minimum atomic E-state index is -0.199. The average Bonchev–Trinajstić information content (AvgIpc) is 2.67. The van der Waals surface area contributed by atoms with E-state index in [2.05, 4.69) is 25.5 Å². The Morgan fingerprint density at radius 2 is 1.96 bits per heavy atom. The highest BCUT2D eigenvalue weighted by Crippen LogP contribution is 2.08. The van der Waals surface area contributed by atoms with Crippen LogP contribution in [-0.2, 0) is 11.3 Å². The molecule has 26 heavy (non-hydrogen) atoms. The molecule has 0 aliphatic carbocycles. The summed E-state index contributed by atoms with van der Waals surface area (Å²) >= 11 is 0. The molecule has 0 spiro atoms. The number of benzene rings is 1. The summed E-state index contributed by atoms with van der Waals surface area (Å²) < 4.78 is 5.35. The first-order valence-electron chi connectivity index (χ1n) is 8.92. The van der Waals surface area contributed by atoms with Crippen molar-refractivity contribution in [3.05, 3.63) is 53.5 Å². The zero-order valence-corrected chi connectivity index (χ0v) is 15.1. The molecule has 0 saturated carbocycles. The number of aryl methyl sites for hydroxylation is 1. The third-order valence-electron chi connectivity index (χ3n) is 4.20. The summed E-state index contributed by atoms with van der Waals surface area (Å²) in [5, 5.41) is 6.19. The van der Waals surface area contributed by atoms with Crippen LogP contribution in [-0.4, -0.2) is 60.2 Å². The van der Waals surface area contributed by atoms with Gasteiger partial charge in [-0.2, -0.15) is 0 Å². The van der Waals surface area contributed by atoms with E-state index < -0.39 is 0 Å². The van der Waals surface area contributed by atoms with E-state index in [1.165, 1.54) is 0 Å². The molecule has 0 atom stereocenters. The van der Waals surface area contributed by atoms with Gasteiger partial charge in [0, 0.05) is 38.8 Å². The monoisotopic (exact) mass is 355 g/mol. The second-order valence-electron chi connectivity index (χ2n) is 6.23. The van der Waals surface area contributed by atoms with Crippen molar-refractivity contribution < 1.29 is 9.53 Å². The van der Waals surface area contributed by atoms with Crippen LogP contribution in [0.5, 0.6) is 0 Å². The highest BCUT2D eigenvalue weighted by Gasteiger charge is 2.12. The summed E-state index contributed by atoms with van der Waals surface area (Å²) in [4.78, 5) is 23.4. The number of anilines is 1. The molecule has 1 aliphatic rings. The van der Waals surface area contributed by atoms with Crippen LogP contribution in [0, 0.1) is 6.92 Å².